The second-order valence-corrected chi connectivity index (χ2v) is 5.68. The van der Waals surface area contributed by atoms with Crippen LogP contribution in [-0.2, 0) is 11.2 Å². The van der Waals surface area contributed by atoms with E-state index >= 15 is 0 Å². The highest BCUT2D eigenvalue weighted by Crippen LogP contribution is 2.59. The van der Waals surface area contributed by atoms with Gasteiger partial charge < -0.3 is 11.1 Å². The van der Waals surface area contributed by atoms with E-state index in [1.165, 1.54) is 11.1 Å². The van der Waals surface area contributed by atoms with Crippen molar-refractivity contribution in [3.8, 4) is 0 Å². The van der Waals surface area contributed by atoms with Gasteiger partial charge in [-0.15, -0.1) is 0 Å². The van der Waals surface area contributed by atoms with Crippen molar-refractivity contribution in [1.29, 1.82) is 0 Å². The first-order valence-corrected chi connectivity index (χ1v) is 6.79. The Morgan fingerprint density at radius 2 is 2.28 bits per heavy atom. The van der Waals surface area contributed by atoms with Crippen molar-refractivity contribution >= 4 is 5.91 Å². The third kappa shape index (κ3) is 1.93. The van der Waals surface area contributed by atoms with Crippen molar-refractivity contribution < 1.29 is 4.79 Å². The molecule has 2 aliphatic carbocycles. The van der Waals surface area contributed by atoms with E-state index in [1.54, 1.807) is 0 Å². The quantitative estimate of drug-likeness (QED) is 0.845. The van der Waals surface area contributed by atoms with E-state index in [4.69, 9.17) is 5.73 Å². The van der Waals surface area contributed by atoms with E-state index < -0.39 is 0 Å². The molecule has 1 amide bonds. The first-order valence-electron chi connectivity index (χ1n) is 6.79. The molecule has 1 fully saturated rings. The van der Waals surface area contributed by atoms with Crippen molar-refractivity contribution in [1.82, 2.24) is 5.32 Å². The van der Waals surface area contributed by atoms with Crippen LogP contribution in [0.1, 0.15) is 30.4 Å². The van der Waals surface area contributed by atoms with Crippen LogP contribution in [0.15, 0.2) is 24.3 Å². The predicted molar refractivity (Wildman–Crippen MR) is 71.1 cm³/mol. The van der Waals surface area contributed by atoms with Crippen LogP contribution in [0.5, 0.6) is 0 Å². The molecule has 4 atom stereocenters. The minimum absolute atomic E-state index is 0.0296. The van der Waals surface area contributed by atoms with Crippen molar-refractivity contribution in [2.24, 2.45) is 17.6 Å². The molecule has 3 nitrogen and oxygen atoms in total. The summed E-state index contributed by atoms with van der Waals surface area (Å²) in [6.45, 7) is 2.49. The fraction of sp³-hybridized carbons (Fsp3) is 0.533. The number of hydrogen-bond acceptors (Lipinski definition) is 2. The van der Waals surface area contributed by atoms with Gasteiger partial charge in [0.05, 0.1) is 0 Å². The van der Waals surface area contributed by atoms with Crippen LogP contribution < -0.4 is 11.1 Å². The van der Waals surface area contributed by atoms with Gasteiger partial charge in [0.2, 0.25) is 5.91 Å². The second kappa shape index (κ2) is 4.39. The molecule has 1 aromatic rings. The minimum Gasteiger partial charge on any atom is -0.354 e. The van der Waals surface area contributed by atoms with Crippen LogP contribution in [0.3, 0.4) is 0 Å². The fourth-order valence-electron chi connectivity index (χ4n) is 3.30. The summed E-state index contributed by atoms with van der Waals surface area (Å²) in [6, 6.07) is 8.58. The average molecular weight is 244 g/mol. The smallest absolute Gasteiger partial charge is 0.224 e. The monoisotopic (exact) mass is 244 g/mol. The third-order valence-electron chi connectivity index (χ3n) is 4.23. The SMILES string of the molecule is CC(N)CNC(=O)C1C2CCc3ccccc3C21. The summed E-state index contributed by atoms with van der Waals surface area (Å²) in [5.41, 5.74) is 8.50. The Kier molecular flexibility index (Phi) is 2.86. The molecule has 0 spiro atoms. The maximum Gasteiger partial charge on any atom is 0.224 e. The summed E-state index contributed by atoms with van der Waals surface area (Å²) in [6.07, 6.45) is 2.27. The van der Waals surface area contributed by atoms with Gasteiger partial charge >= 0.3 is 0 Å². The largest absolute Gasteiger partial charge is 0.354 e. The van der Waals surface area contributed by atoms with Gasteiger partial charge in [-0.05, 0) is 42.7 Å². The van der Waals surface area contributed by atoms with Crippen molar-refractivity contribution in [3.63, 3.8) is 0 Å². The minimum atomic E-state index is 0.0296. The van der Waals surface area contributed by atoms with E-state index in [2.05, 4.69) is 29.6 Å². The van der Waals surface area contributed by atoms with Crippen molar-refractivity contribution in [2.75, 3.05) is 6.54 Å². The number of nitrogens with two attached hydrogens (primary N) is 1. The number of aryl methyl sites for hydroxylation is 1. The van der Waals surface area contributed by atoms with E-state index in [0.717, 1.165) is 12.8 Å². The van der Waals surface area contributed by atoms with Crippen LogP contribution in [0, 0.1) is 11.8 Å². The molecule has 3 N–H and O–H groups in total. The Labute approximate surface area is 108 Å². The third-order valence-corrected chi connectivity index (χ3v) is 4.23. The summed E-state index contributed by atoms with van der Waals surface area (Å²) >= 11 is 0. The number of benzene rings is 1. The number of carbonyl (C=O) groups excluding carboxylic acids is 1. The van der Waals surface area contributed by atoms with Gasteiger partial charge in [-0.3, -0.25) is 4.79 Å². The fourth-order valence-corrected chi connectivity index (χ4v) is 3.30. The molecule has 0 heterocycles. The molecular weight excluding hydrogens is 224 g/mol. The Morgan fingerprint density at radius 3 is 3.06 bits per heavy atom. The molecule has 1 saturated carbocycles. The molecule has 96 valence electrons. The highest BCUT2D eigenvalue weighted by Gasteiger charge is 2.56. The van der Waals surface area contributed by atoms with Gasteiger partial charge in [-0.1, -0.05) is 24.3 Å². The zero-order valence-corrected chi connectivity index (χ0v) is 10.7. The van der Waals surface area contributed by atoms with Crippen molar-refractivity contribution in [3.05, 3.63) is 35.4 Å². The van der Waals surface area contributed by atoms with Crippen LogP contribution in [0.4, 0.5) is 0 Å². The van der Waals surface area contributed by atoms with Crippen molar-refractivity contribution in [2.45, 2.75) is 31.7 Å². The van der Waals surface area contributed by atoms with Gasteiger partial charge in [-0.2, -0.15) is 0 Å². The topological polar surface area (TPSA) is 55.1 Å². The Hall–Kier alpha value is -1.35. The molecule has 4 unspecified atom stereocenters. The van der Waals surface area contributed by atoms with Gasteiger partial charge in [-0.25, -0.2) is 0 Å². The van der Waals surface area contributed by atoms with E-state index in [9.17, 15) is 4.79 Å². The van der Waals surface area contributed by atoms with Gasteiger partial charge in [0, 0.05) is 18.5 Å². The van der Waals surface area contributed by atoms with Crippen LogP contribution >= 0.6 is 0 Å². The number of carbonyl (C=O) groups is 1. The van der Waals surface area contributed by atoms with Gasteiger partial charge in [0.25, 0.3) is 0 Å². The first-order chi connectivity index (χ1) is 8.68. The molecule has 3 rings (SSSR count). The van der Waals surface area contributed by atoms with E-state index in [0.29, 0.717) is 18.4 Å². The Morgan fingerprint density at radius 1 is 1.50 bits per heavy atom. The normalized spacial score (nSPS) is 30.0. The highest BCUT2D eigenvalue weighted by atomic mass is 16.2. The summed E-state index contributed by atoms with van der Waals surface area (Å²) in [5, 5.41) is 2.97. The highest BCUT2D eigenvalue weighted by molar-refractivity contribution is 5.84. The number of hydrogen-bond donors (Lipinski definition) is 2. The number of fused-ring (bicyclic) bond motifs is 3. The Balaban J connectivity index is 1.71. The summed E-state index contributed by atoms with van der Waals surface area (Å²) in [7, 11) is 0. The molecule has 0 bridgehead atoms. The first kappa shape index (κ1) is 11.7. The average Bonchev–Trinajstić information content (AvgIpc) is 3.10. The molecule has 0 saturated heterocycles. The summed E-state index contributed by atoms with van der Waals surface area (Å²) < 4.78 is 0. The predicted octanol–water partition coefficient (Wildman–Crippen LogP) is 1.43. The van der Waals surface area contributed by atoms with Gasteiger partial charge in [0.1, 0.15) is 0 Å². The molecule has 2 aliphatic rings. The van der Waals surface area contributed by atoms with Crippen LogP contribution in [-0.4, -0.2) is 18.5 Å². The maximum absolute atomic E-state index is 12.1. The van der Waals surface area contributed by atoms with E-state index in [1.807, 2.05) is 6.92 Å². The Bertz CT molecular complexity index is 469. The molecule has 1 aromatic carbocycles. The zero-order chi connectivity index (χ0) is 12.7. The molecule has 0 aliphatic heterocycles. The summed E-state index contributed by atoms with van der Waals surface area (Å²) in [4.78, 5) is 12.1. The number of amides is 1. The number of nitrogens with one attached hydrogen (secondary N) is 1. The molecule has 0 aromatic heterocycles. The lowest BCUT2D eigenvalue weighted by Gasteiger charge is -2.13. The molecule has 3 heteroatoms. The number of rotatable bonds is 3. The van der Waals surface area contributed by atoms with Crippen LogP contribution in [0.25, 0.3) is 0 Å². The summed E-state index contributed by atoms with van der Waals surface area (Å²) in [5.74, 6) is 1.41. The van der Waals surface area contributed by atoms with Gasteiger partial charge in [0.15, 0.2) is 0 Å². The molecule has 0 radical (unpaired) electrons. The van der Waals surface area contributed by atoms with Crippen LogP contribution in [0.2, 0.25) is 0 Å². The maximum atomic E-state index is 12.1. The second-order valence-electron chi connectivity index (χ2n) is 5.68. The van der Waals surface area contributed by atoms with E-state index in [-0.39, 0.29) is 17.9 Å². The standard InChI is InChI=1S/C15H20N2O/c1-9(16)8-17-15(18)14-12-7-6-10-4-2-3-5-11(10)13(12)14/h2-5,9,12-14H,6-8,16H2,1H3,(H,17,18). The molecule has 18 heavy (non-hydrogen) atoms. The lowest BCUT2D eigenvalue weighted by Crippen LogP contribution is -2.36. The zero-order valence-electron chi connectivity index (χ0n) is 10.7. The lowest BCUT2D eigenvalue weighted by molar-refractivity contribution is -0.122. The molecular formula is C15H20N2O. The lowest BCUT2D eigenvalue weighted by atomic mass is 9.92.